The van der Waals surface area contributed by atoms with E-state index in [1.54, 1.807) is 7.05 Å². The second-order valence-electron chi connectivity index (χ2n) is 5.33. The normalized spacial score (nSPS) is 11.3. The Morgan fingerprint density at radius 1 is 1.24 bits per heavy atom. The summed E-state index contributed by atoms with van der Waals surface area (Å²) >= 11 is 0. The molecular weight excluding hydrogens is 262 g/mol. The molecule has 1 aromatic rings. The zero-order chi connectivity index (χ0) is 15.5. The molecule has 118 valence electrons. The molecule has 0 aliphatic rings. The standard InChI is InChI=1S/C16H29N5/c1-5-6-7-8-10-19-16(17-2)20-13-14-9-11-18-15(12-14)21(3)4/h9,11-12H,5-8,10,13H2,1-4H3,(H2,17,19,20). The molecule has 2 N–H and O–H groups in total. The van der Waals surface area contributed by atoms with Crippen molar-refractivity contribution in [3.8, 4) is 0 Å². The van der Waals surface area contributed by atoms with Gasteiger partial charge in [0.05, 0.1) is 0 Å². The van der Waals surface area contributed by atoms with Crippen LogP contribution >= 0.6 is 0 Å². The number of aromatic nitrogens is 1. The predicted octanol–water partition coefficient (Wildman–Crippen LogP) is 2.39. The van der Waals surface area contributed by atoms with Gasteiger partial charge in [-0.25, -0.2) is 4.98 Å². The third kappa shape index (κ3) is 6.97. The van der Waals surface area contributed by atoms with Gasteiger partial charge in [-0.05, 0) is 24.1 Å². The lowest BCUT2D eigenvalue weighted by Gasteiger charge is -2.14. The third-order valence-corrected chi connectivity index (χ3v) is 3.27. The van der Waals surface area contributed by atoms with Gasteiger partial charge < -0.3 is 15.5 Å². The molecule has 5 nitrogen and oxygen atoms in total. The Bertz CT molecular complexity index is 428. The number of unbranched alkanes of at least 4 members (excludes halogenated alkanes) is 3. The molecule has 1 aromatic heterocycles. The van der Waals surface area contributed by atoms with Gasteiger partial charge in [0.25, 0.3) is 0 Å². The molecule has 1 heterocycles. The molecular formula is C16H29N5. The van der Waals surface area contributed by atoms with E-state index in [0.717, 1.165) is 24.9 Å². The van der Waals surface area contributed by atoms with Crippen LogP contribution in [0.2, 0.25) is 0 Å². The Hall–Kier alpha value is -1.78. The van der Waals surface area contributed by atoms with E-state index in [4.69, 9.17) is 0 Å². The summed E-state index contributed by atoms with van der Waals surface area (Å²) in [5.74, 6) is 1.83. The molecule has 0 aromatic carbocycles. The molecule has 0 aliphatic heterocycles. The van der Waals surface area contributed by atoms with Crippen molar-refractivity contribution in [2.24, 2.45) is 4.99 Å². The van der Waals surface area contributed by atoms with E-state index in [0.29, 0.717) is 0 Å². The van der Waals surface area contributed by atoms with E-state index < -0.39 is 0 Å². The Labute approximate surface area is 128 Å². The Morgan fingerprint density at radius 2 is 2.05 bits per heavy atom. The molecule has 1 rings (SSSR count). The lowest BCUT2D eigenvalue weighted by Crippen LogP contribution is -2.37. The molecule has 0 spiro atoms. The van der Waals surface area contributed by atoms with Crippen LogP contribution in [0, 0.1) is 0 Å². The molecule has 5 heteroatoms. The van der Waals surface area contributed by atoms with Gasteiger partial charge in [0.15, 0.2) is 5.96 Å². The first-order valence-electron chi connectivity index (χ1n) is 7.74. The van der Waals surface area contributed by atoms with E-state index >= 15 is 0 Å². The maximum atomic E-state index is 4.32. The van der Waals surface area contributed by atoms with Crippen LogP contribution in [0.15, 0.2) is 23.3 Å². The van der Waals surface area contributed by atoms with E-state index in [1.807, 2.05) is 31.3 Å². The van der Waals surface area contributed by atoms with E-state index in [-0.39, 0.29) is 0 Å². The number of nitrogens with zero attached hydrogens (tertiary/aromatic N) is 3. The Kier molecular flexibility index (Phi) is 8.24. The van der Waals surface area contributed by atoms with Gasteiger partial charge in [-0.1, -0.05) is 26.2 Å². The number of rotatable bonds is 8. The van der Waals surface area contributed by atoms with Crippen molar-refractivity contribution in [1.82, 2.24) is 15.6 Å². The van der Waals surface area contributed by atoms with Crippen LogP contribution < -0.4 is 15.5 Å². The van der Waals surface area contributed by atoms with Crippen molar-refractivity contribution in [2.45, 2.75) is 39.2 Å². The van der Waals surface area contributed by atoms with Gasteiger partial charge in [-0.3, -0.25) is 4.99 Å². The average Bonchev–Trinajstić information content (AvgIpc) is 2.50. The molecule has 0 aliphatic carbocycles. The number of anilines is 1. The molecule has 0 unspecified atom stereocenters. The molecule has 21 heavy (non-hydrogen) atoms. The minimum absolute atomic E-state index is 0.748. The van der Waals surface area contributed by atoms with Gasteiger partial charge in [-0.15, -0.1) is 0 Å². The van der Waals surface area contributed by atoms with Crippen LogP contribution in [-0.4, -0.2) is 38.6 Å². The van der Waals surface area contributed by atoms with E-state index in [2.05, 4.69) is 33.6 Å². The van der Waals surface area contributed by atoms with Gasteiger partial charge in [0.1, 0.15) is 5.82 Å². The second-order valence-corrected chi connectivity index (χ2v) is 5.33. The Balaban J connectivity index is 2.36. The van der Waals surface area contributed by atoms with Crippen LogP contribution in [0.1, 0.15) is 38.2 Å². The minimum Gasteiger partial charge on any atom is -0.363 e. The van der Waals surface area contributed by atoms with Crippen molar-refractivity contribution in [3.63, 3.8) is 0 Å². The SMILES string of the molecule is CCCCCCNC(=NC)NCc1ccnc(N(C)C)c1. The summed E-state index contributed by atoms with van der Waals surface area (Å²) in [7, 11) is 5.80. The summed E-state index contributed by atoms with van der Waals surface area (Å²) < 4.78 is 0. The summed E-state index contributed by atoms with van der Waals surface area (Å²) in [5, 5.41) is 6.68. The molecule has 0 radical (unpaired) electrons. The number of guanidine groups is 1. The van der Waals surface area contributed by atoms with Crippen molar-refractivity contribution >= 4 is 11.8 Å². The zero-order valence-corrected chi connectivity index (χ0v) is 13.8. The first-order chi connectivity index (χ1) is 10.2. The van der Waals surface area contributed by atoms with Gasteiger partial charge in [-0.2, -0.15) is 0 Å². The first-order valence-corrected chi connectivity index (χ1v) is 7.74. The third-order valence-electron chi connectivity index (χ3n) is 3.27. The van der Waals surface area contributed by atoms with E-state index in [9.17, 15) is 0 Å². The summed E-state index contributed by atoms with van der Waals surface area (Å²) in [6.45, 7) is 3.95. The van der Waals surface area contributed by atoms with Crippen LogP contribution in [0.4, 0.5) is 5.82 Å². The predicted molar refractivity (Wildman–Crippen MR) is 90.9 cm³/mol. The molecule has 0 fully saturated rings. The summed E-state index contributed by atoms with van der Waals surface area (Å²) in [4.78, 5) is 10.6. The van der Waals surface area contributed by atoms with Crippen molar-refractivity contribution in [2.75, 3.05) is 32.6 Å². The van der Waals surface area contributed by atoms with Gasteiger partial charge in [0.2, 0.25) is 0 Å². The smallest absolute Gasteiger partial charge is 0.191 e. The lowest BCUT2D eigenvalue weighted by molar-refractivity contribution is 0.647. The second kappa shape index (κ2) is 10.0. The summed E-state index contributed by atoms with van der Waals surface area (Å²) in [5.41, 5.74) is 1.20. The largest absolute Gasteiger partial charge is 0.363 e. The Morgan fingerprint density at radius 3 is 2.71 bits per heavy atom. The quantitative estimate of drug-likeness (QED) is 0.439. The average molecular weight is 291 g/mol. The zero-order valence-electron chi connectivity index (χ0n) is 13.8. The highest BCUT2D eigenvalue weighted by Crippen LogP contribution is 2.09. The molecule has 0 saturated carbocycles. The minimum atomic E-state index is 0.748. The number of hydrogen-bond donors (Lipinski definition) is 2. The van der Waals surface area contributed by atoms with Gasteiger partial charge >= 0.3 is 0 Å². The molecule has 0 saturated heterocycles. The van der Waals surface area contributed by atoms with Crippen LogP contribution in [-0.2, 0) is 6.54 Å². The number of nitrogens with one attached hydrogen (secondary N) is 2. The number of aliphatic imine (C=N–C) groups is 1. The fourth-order valence-corrected chi connectivity index (χ4v) is 1.98. The van der Waals surface area contributed by atoms with E-state index in [1.165, 1.54) is 31.2 Å². The molecule has 0 atom stereocenters. The lowest BCUT2D eigenvalue weighted by atomic mass is 10.2. The van der Waals surface area contributed by atoms with Crippen LogP contribution in [0.25, 0.3) is 0 Å². The van der Waals surface area contributed by atoms with Crippen molar-refractivity contribution in [1.29, 1.82) is 0 Å². The summed E-state index contributed by atoms with van der Waals surface area (Å²) in [6.07, 6.45) is 6.88. The highest BCUT2D eigenvalue weighted by atomic mass is 15.2. The molecule has 0 amide bonds. The summed E-state index contributed by atoms with van der Waals surface area (Å²) in [6, 6.07) is 4.11. The fourth-order valence-electron chi connectivity index (χ4n) is 1.98. The highest BCUT2D eigenvalue weighted by molar-refractivity contribution is 5.79. The highest BCUT2D eigenvalue weighted by Gasteiger charge is 2.01. The topological polar surface area (TPSA) is 52.6 Å². The van der Waals surface area contributed by atoms with Crippen molar-refractivity contribution in [3.05, 3.63) is 23.9 Å². The maximum absolute atomic E-state index is 4.32. The van der Waals surface area contributed by atoms with Gasteiger partial charge in [0, 0.05) is 40.4 Å². The maximum Gasteiger partial charge on any atom is 0.191 e. The monoisotopic (exact) mass is 291 g/mol. The van der Waals surface area contributed by atoms with Crippen molar-refractivity contribution < 1.29 is 0 Å². The first kappa shape index (κ1) is 17.3. The molecule has 0 bridgehead atoms. The number of hydrogen-bond acceptors (Lipinski definition) is 3. The fraction of sp³-hybridized carbons (Fsp3) is 0.625. The van der Waals surface area contributed by atoms with Crippen LogP contribution in [0.3, 0.4) is 0 Å². The number of pyridine rings is 1. The van der Waals surface area contributed by atoms with Crippen LogP contribution in [0.5, 0.6) is 0 Å².